The minimum Gasteiger partial charge on any atom is -0.339 e. The summed E-state index contributed by atoms with van der Waals surface area (Å²) >= 11 is 0. The monoisotopic (exact) mass is 482 g/mol. The average molecular weight is 483 g/mol. The van der Waals surface area contributed by atoms with Gasteiger partial charge in [0.05, 0.1) is 17.6 Å². The SMILES string of the molecule is CC(C)c1ccc(C(=O)N(C)Cc2ccc(-c3ncnc4[nH]c(-c5cnn(C)c5)cc34)cc2F)cc1. The lowest BCUT2D eigenvalue weighted by atomic mass is 10.0. The lowest BCUT2D eigenvalue weighted by Crippen LogP contribution is -2.26. The summed E-state index contributed by atoms with van der Waals surface area (Å²) in [5, 5.41) is 5.01. The molecule has 0 bridgehead atoms. The van der Waals surface area contributed by atoms with E-state index in [4.69, 9.17) is 0 Å². The maximum atomic E-state index is 15.2. The minimum atomic E-state index is -0.392. The lowest BCUT2D eigenvalue weighted by molar-refractivity contribution is 0.0784. The van der Waals surface area contributed by atoms with Crippen molar-refractivity contribution in [1.29, 1.82) is 0 Å². The van der Waals surface area contributed by atoms with Crippen LogP contribution in [-0.2, 0) is 13.6 Å². The van der Waals surface area contributed by atoms with Gasteiger partial charge in [-0.15, -0.1) is 0 Å². The summed E-state index contributed by atoms with van der Waals surface area (Å²) in [6, 6.07) is 14.5. The zero-order valence-corrected chi connectivity index (χ0v) is 20.7. The first kappa shape index (κ1) is 23.4. The molecule has 182 valence electrons. The molecule has 0 fully saturated rings. The number of fused-ring (bicyclic) bond motifs is 1. The highest BCUT2D eigenvalue weighted by molar-refractivity contribution is 5.95. The fraction of sp³-hybridized carbons (Fsp3) is 0.214. The second-order valence-electron chi connectivity index (χ2n) is 9.31. The van der Waals surface area contributed by atoms with Crippen molar-refractivity contribution in [3.63, 3.8) is 0 Å². The van der Waals surface area contributed by atoms with Gasteiger partial charge in [0.15, 0.2) is 0 Å². The van der Waals surface area contributed by atoms with Gasteiger partial charge in [0, 0.05) is 54.5 Å². The molecule has 1 amide bonds. The molecule has 8 heteroatoms. The Bertz CT molecular complexity index is 1550. The lowest BCUT2D eigenvalue weighted by Gasteiger charge is -2.18. The molecular weight excluding hydrogens is 455 g/mol. The molecule has 36 heavy (non-hydrogen) atoms. The number of hydrogen-bond donors (Lipinski definition) is 1. The van der Waals surface area contributed by atoms with Gasteiger partial charge in [0.25, 0.3) is 5.91 Å². The highest BCUT2D eigenvalue weighted by Crippen LogP contribution is 2.30. The van der Waals surface area contributed by atoms with Crippen LogP contribution in [0.1, 0.15) is 41.3 Å². The Hall–Kier alpha value is -4.33. The summed E-state index contributed by atoms with van der Waals surface area (Å²) in [7, 11) is 3.54. The number of amides is 1. The van der Waals surface area contributed by atoms with Crippen molar-refractivity contribution >= 4 is 16.9 Å². The normalized spacial score (nSPS) is 11.4. The average Bonchev–Trinajstić information content (AvgIpc) is 3.50. The molecule has 0 saturated heterocycles. The minimum absolute atomic E-state index is 0.151. The van der Waals surface area contributed by atoms with Gasteiger partial charge in [-0.3, -0.25) is 9.48 Å². The summed E-state index contributed by atoms with van der Waals surface area (Å²) in [5.41, 5.74) is 5.91. The van der Waals surface area contributed by atoms with Gasteiger partial charge in [-0.2, -0.15) is 5.10 Å². The van der Waals surface area contributed by atoms with E-state index in [0.717, 1.165) is 16.6 Å². The Morgan fingerprint density at radius 1 is 1.08 bits per heavy atom. The van der Waals surface area contributed by atoms with Crippen LogP contribution in [0.5, 0.6) is 0 Å². The van der Waals surface area contributed by atoms with Crippen molar-refractivity contribution in [3.8, 4) is 22.5 Å². The predicted molar refractivity (Wildman–Crippen MR) is 138 cm³/mol. The molecule has 7 nitrogen and oxygen atoms in total. The van der Waals surface area contributed by atoms with E-state index >= 15 is 4.39 Å². The van der Waals surface area contributed by atoms with Gasteiger partial charge in [0.1, 0.15) is 17.8 Å². The van der Waals surface area contributed by atoms with E-state index in [-0.39, 0.29) is 12.5 Å². The topological polar surface area (TPSA) is 79.7 Å². The molecule has 0 spiro atoms. The van der Waals surface area contributed by atoms with Crippen LogP contribution in [0.15, 0.2) is 67.3 Å². The number of hydrogen-bond acceptors (Lipinski definition) is 4. The molecular formula is C28H27FN6O. The summed E-state index contributed by atoms with van der Waals surface area (Å²) in [6.07, 6.45) is 5.13. The number of aromatic nitrogens is 5. The van der Waals surface area contributed by atoms with Gasteiger partial charge < -0.3 is 9.88 Å². The van der Waals surface area contributed by atoms with Gasteiger partial charge in [-0.1, -0.05) is 38.1 Å². The van der Waals surface area contributed by atoms with Crippen LogP contribution >= 0.6 is 0 Å². The van der Waals surface area contributed by atoms with Crippen molar-refractivity contribution in [2.24, 2.45) is 7.05 Å². The van der Waals surface area contributed by atoms with Crippen LogP contribution in [0.2, 0.25) is 0 Å². The number of aryl methyl sites for hydroxylation is 1. The molecule has 2 aromatic carbocycles. The summed E-state index contributed by atoms with van der Waals surface area (Å²) < 4.78 is 16.9. The van der Waals surface area contributed by atoms with Crippen LogP contribution in [0, 0.1) is 5.82 Å². The first-order valence-corrected chi connectivity index (χ1v) is 11.8. The van der Waals surface area contributed by atoms with E-state index in [9.17, 15) is 4.79 Å². The molecule has 0 saturated carbocycles. The Kier molecular flexibility index (Phi) is 6.10. The van der Waals surface area contributed by atoms with Crippen LogP contribution < -0.4 is 0 Å². The van der Waals surface area contributed by atoms with E-state index in [1.165, 1.54) is 22.9 Å². The maximum absolute atomic E-state index is 15.2. The summed E-state index contributed by atoms with van der Waals surface area (Å²) in [6.45, 7) is 4.38. The fourth-order valence-corrected chi connectivity index (χ4v) is 4.27. The molecule has 0 radical (unpaired) electrons. The number of halogens is 1. The van der Waals surface area contributed by atoms with Crippen molar-refractivity contribution in [1.82, 2.24) is 29.6 Å². The molecule has 0 atom stereocenters. The largest absolute Gasteiger partial charge is 0.339 e. The number of carbonyl (C=O) groups excluding carboxylic acids is 1. The van der Waals surface area contributed by atoms with E-state index < -0.39 is 5.82 Å². The highest BCUT2D eigenvalue weighted by Gasteiger charge is 2.17. The fourth-order valence-electron chi connectivity index (χ4n) is 4.27. The number of aromatic amines is 1. The number of rotatable bonds is 6. The van der Waals surface area contributed by atoms with Crippen LogP contribution in [0.4, 0.5) is 4.39 Å². The second-order valence-corrected chi connectivity index (χ2v) is 9.31. The quantitative estimate of drug-likeness (QED) is 0.344. The zero-order chi connectivity index (χ0) is 25.4. The molecule has 5 rings (SSSR count). The third-order valence-corrected chi connectivity index (χ3v) is 6.35. The number of nitrogens with one attached hydrogen (secondary N) is 1. The van der Waals surface area contributed by atoms with E-state index in [0.29, 0.717) is 33.9 Å². The number of carbonyl (C=O) groups is 1. The summed E-state index contributed by atoms with van der Waals surface area (Å²) in [4.78, 5) is 26.4. The molecule has 5 aromatic rings. The van der Waals surface area contributed by atoms with Crippen molar-refractivity contribution in [2.75, 3.05) is 7.05 Å². The van der Waals surface area contributed by atoms with Gasteiger partial charge in [0.2, 0.25) is 0 Å². The molecule has 0 aliphatic carbocycles. The smallest absolute Gasteiger partial charge is 0.253 e. The third kappa shape index (κ3) is 4.49. The Morgan fingerprint density at radius 3 is 2.53 bits per heavy atom. The van der Waals surface area contributed by atoms with Crippen molar-refractivity contribution in [2.45, 2.75) is 26.3 Å². The first-order valence-electron chi connectivity index (χ1n) is 11.8. The molecule has 0 aliphatic rings. The maximum Gasteiger partial charge on any atom is 0.253 e. The molecule has 3 heterocycles. The van der Waals surface area contributed by atoms with Gasteiger partial charge >= 0.3 is 0 Å². The Balaban J connectivity index is 1.38. The van der Waals surface area contributed by atoms with E-state index in [2.05, 4.69) is 33.9 Å². The standard InChI is InChI=1S/C28H27FN6O/c1-17(2)18-5-7-19(8-6-18)28(36)34(3)14-21-10-9-20(11-24(21)29)26-23-12-25(22-13-32-35(4)15-22)33-27(23)31-16-30-26/h5-13,15-17H,14H2,1-4H3,(H,30,31,33). The van der Waals surface area contributed by atoms with Gasteiger partial charge in [-0.05, 0) is 35.7 Å². The first-order chi connectivity index (χ1) is 17.3. The molecule has 0 aliphatic heterocycles. The number of H-pyrrole nitrogens is 1. The zero-order valence-electron chi connectivity index (χ0n) is 20.7. The molecule has 1 N–H and O–H groups in total. The molecule has 3 aromatic heterocycles. The highest BCUT2D eigenvalue weighted by atomic mass is 19.1. The van der Waals surface area contributed by atoms with Crippen molar-refractivity contribution in [3.05, 3.63) is 89.8 Å². The Morgan fingerprint density at radius 2 is 1.86 bits per heavy atom. The third-order valence-electron chi connectivity index (χ3n) is 6.35. The van der Waals surface area contributed by atoms with E-state index in [1.54, 1.807) is 24.0 Å². The van der Waals surface area contributed by atoms with Crippen LogP contribution in [0.3, 0.4) is 0 Å². The number of benzene rings is 2. The summed E-state index contributed by atoms with van der Waals surface area (Å²) in [5.74, 6) is -0.151. The second kappa shape index (κ2) is 9.37. The van der Waals surface area contributed by atoms with Gasteiger partial charge in [-0.25, -0.2) is 14.4 Å². The van der Waals surface area contributed by atoms with Crippen LogP contribution in [-0.4, -0.2) is 42.6 Å². The van der Waals surface area contributed by atoms with Crippen LogP contribution in [0.25, 0.3) is 33.5 Å². The molecule has 0 unspecified atom stereocenters. The van der Waals surface area contributed by atoms with E-state index in [1.807, 2.05) is 49.6 Å². The predicted octanol–water partition coefficient (Wildman–Crippen LogP) is 5.56. The van der Waals surface area contributed by atoms with Crippen molar-refractivity contribution < 1.29 is 9.18 Å². The Labute approximate surface area is 208 Å². The number of nitrogens with zero attached hydrogens (tertiary/aromatic N) is 5.